The highest BCUT2D eigenvalue weighted by Crippen LogP contribution is 2.20. The van der Waals surface area contributed by atoms with Crippen LogP contribution in [-0.4, -0.2) is 8.42 Å². The van der Waals surface area contributed by atoms with Crippen LogP contribution >= 0.6 is 0 Å². The van der Waals surface area contributed by atoms with E-state index in [2.05, 4.69) is 4.72 Å². The second kappa shape index (κ2) is 5.07. The van der Waals surface area contributed by atoms with E-state index in [1.807, 2.05) is 0 Å². The zero-order valence-electron chi connectivity index (χ0n) is 10.8. The third-order valence-electron chi connectivity index (χ3n) is 2.69. The second-order valence-corrected chi connectivity index (χ2v) is 6.15. The van der Waals surface area contributed by atoms with Crippen molar-refractivity contribution in [2.24, 2.45) is 0 Å². The van der Waals surface area contributed by atoms with Crippen molar-refractivity contribution < 1.29 is 12.8 Å². The van der Waals surface area contributed by atoms with Gasteiger partial charge in [-0.25, -0.2) is 13.1 Å². The molecule has 0 aliphatic carbocycles. The molecule has 0 aliphatic rings. The number of nitrogens with two attached hydrogens (primary N) is 1. The van der Waals surface area contributed by atoms with E-state index >= 15 is 0 Å². The molecule has 1 atom stereocenters. The molecule has 0 saturated heterocycles. The quantitative estimate of drug-likeness (QED) is 0.841. The van der Waals surface area contributed by atoms with Gasteiger partial charge in [0.15, 0.2) is 0 Å². The number of rotatable bonds is 4. The Bertz CT molecular complexity index is 643. The topological polar surface area (TPSA) is 85.3 Å². The third-order valence-corrected chi connectivity index (χ3v) is 4.21. The monoisotopic (exact) mass is 280 g/mol. The summed E-state index contributed by atoms with van der Waals surface area (Å²) in [4.78, 5) is 0.156. The number of benzene rings is 1. The summed E-state index contributed by atoms with van der Waals surface area (Å²) in [6, 6.07) is 7.72. The van der Waals surface area contributed by atoms with E-state index in [4.69, 9.17) is 10.2 Å². The molecule has 102 valence electrons. The number of nitrogen functional groups attached to an aromatic ring is 1. The Labute approximate surface area is 112 Å². The lowest BCUT2D eigenvalue weighted by atomic mass is 10.2. The van der Waals surface area contributed by atoms with Gasteiger partial charge in [0, 0.05) is 5.69 Å². The third kappa shape index (κ3) is 3.15. The summed E-state index contributed by atoms with van der Waals surface area (Å²) in [5, 5.41) is 0. The maximum atomic E-state index is 12.2. The van der Waals surface area contributed by atoms with Gasteiger partial charge in [0.1, 0.15) is 5.76 Å². The number of aryl methyl sites for hydroxylation is 1. The number of anilines is 1. The van der Waals surface area contributed by atoms with Crippen molar-refractivity contribution in [1.29, 1.82) is 0 Å². The van der Waals surface area contributed by atoms with E-state index in [0.29, 0.717) is 11.4 Å². The van der Waals surface area contributed by atoms with E-state index in [9.17, 15) is 8.42 Å². The van der Waals surface area contributed by atoms with Gasteiger partial charge in [-0.2, -0.15) is 0 Å². The van der Waals surface area contributed by atoms with E-state index in [-0.39, 0.29) is 4.90 Å². The van der Waals surface area contributed by atoms with Crippen molar-refractivity contribution >= 4 is 15.7 Å². The number of furan rings is 1. The van der Waals surface area contributed by atoms with Crippen LogP contribution in [0.4, 0.5) is 5.69 Å². The molecule has 0 fully saturated rings. The lowest BCUT2D eigenvalue weighted by Crippen LogP contribution is -2.26. The molecule has 19 heavy (non-hydrogen) atoms. The fourth-order valence-corrected chi connectivity index (χ4v) is 3.18. The number of hydrogen-bond donors (Lipinski definition) is 2. The van der Waals surface area contributed by atoms with Gasteiger partial charge < -0.3 is 10.2 Å². The van der Waals surface area contributed by atoms with Crippen LogP contribution in [-0.2, 0) is 10.0 Å². The van der Waals surface area contributed by atoms with Gasteiger partial charge in [-0.1, -0.05) is 0 Å². The van der Waals surface area contributed by atoms with Gasteiger partial charge in [0.25, 0.3) is 0 Å². The standard InChI is InChI=1S/C13H16N2O3S/c1-9-6-11(14)8-12(7-9)19(16,17)15-10(2)13-4-3-5-18-13/h3-8,10,15H,14H2,1-2H3. The van der Waals surface area contributed by atoms with E-state index in [1.54, 1.807) is 38.1 Å². The lowest BCUT2D eigenvalue weighted by Gasteiger charge is -2.13. The maximum Gasteiger partial charge on any atom is 0.241 e. The first-order valence-electron chi connectivity index (χ1n) is 5.81. The molecule has 0 bridgehead atoms. The van der Waals surface area contributed by atoms with Gasteiger partial charge in [0.05, 0.1) is 17.2 Å². The van der Waals surface area contributed by atoms with Crippen molar-refractivity contribution in [3.63, 3.8) is 0 Å². The number of nitrogens with one attached hydrogen (secondary N) is 1. The van der Waals surface area contributed by atoms with Crippen LogP contribution in [0.1, 0.15) is 24.3 Å². The predicted octanol–water partition coefficient (Wildman–Crippen LogP) is 2.21. The fraction of sp³-hybridized carbons (Fsp3) is 0.231. The molecule has 0 spiro atoms. The molecule has 0 saturated carbocycles. The normalized spacial score (nSPS) is 13.4. The molecular formula is C13H16N2O3S. The molecular weight excluding hydrogens is 264 g/mol. The molecule has 1 heterocycles. The van der Waals surface area contributed by atoms with Crippen molar-refractivity contribution in [1.82, 2.24) is 4.72 Å². The smallest absolute Gasteiger partial charge is 0.241 e. The molecule has 1 aromatic carbocycles. The van der Waals surface area contributed by atoms with Crippen LogP contribution in [0.15, 0.2) is 45.9 Å². The lowest BCUT2D eigenvalue weighted by molar-refractivity contribution is 0.459. The minimum atomic E-state index is -3.62. The van der Waals surface area contributed by atoms with E-state index in [0.717, 1.165) is 5.56 Å². The zero-order chi connectivity index (χ0) is 14.0. The van der Waals surface area contributed by atoms with Gasteiger partial charge in [-0.05, 0) is 49.7 Å². The predicted molar refractivity (Wildman–Crippen MR) is 73.0 cm³/mol. The minimum Gasteiger partial charge on any atom is -0.468 e. The molecule has 3 N–H and O–H groups in total. The van der Waals surface area contributed by atoms with Gasteiger partial charge >= 0.3 is 0 Å². The van der Waals surface area contributed by atoms with Gasteiger partial charge in [0.2, 0.25) is 10.0 Å². The first-order chi connectivity index (χ1) is 8.88. The molecule has 0 amide bonds. The summed E-state index contributed by atoms with van der Waals surface area (Å²) < 4.78 is 32.2. The van der Waals surface area contributed by atoms with E-state index in [1.165, 1.54) is 12.3 Å². The fourth-order valence-electron chi connectivity index (χ4n) is 1.83. The Balaban J connectivity index is 2.27. The highest BCUT2D eigenvalue weighted by atomic mass is 32.2. The highest BCUT2D eigenvalue weighted by Gasteiger charge is 2.20. The Morgan fingerprint density at radius 1 is 1.32 bits per heavy atom. The summed E-state index contributed by atoms with van der Waals surface area (Å²) in [5.74, 6) is 0.559. The van der Waals surface area contributed by atoms with Crippen molar-refractivity contribution in [3.05, 3.63) is 47.9 Å². The second-order valence-electron chi connectivity index (χ2n) is 4.44. The Kier molecular flexibility index (Phi) is 3.64. The van der Waals surface area contributed by atoms with Crippen LogP contribution in [0, 0.1) is 6.92 Å². The van der Waals surface area contributed by atoms with Crippen LogP contribution in [0.25, 0.3) is 0 Å². The number of hydrogen-bond acceptors (Lipinski definition) is 4. The Hall–Kier alpha value is -1.79. The maximum absolute atomic E-state index is 12.2. The molecule has 0 aliphatic heterocycles. The van der Waals surface area contributed by atoms with Crippen LogP contribution in [0.5, 0.6) is 0 Å². The molecule has 2 rings (SSSR count). The SMILES string of the molecule is Cc1cc(N)cc(S(=O)(=O)NC(C)c2ccco2)c1. The molecule has 0 radical (unpaired) electrons. The number of sulfonamides is 1. The van der Waals surface area contributed by atoms with Gasteiger partial charge in [-0.15, -0.1) is 0 Å². The summed E-state index contributed by atoms with van der Waals surface area (Å²) in [5.41, 5.74) is 6.89. The zero-order valence-corrected chi connectivity index (χ0v) is 11.6. The summed E-state index contributed by atoms with van der Waals surface area (Å²) in [6.07, 6.45) is 1.50. The van der Waals surface area contributed by atoms with Crippen molar-refractivity contribution in [2.75, 3.05) is 5.73 Å². The largest absolute Gasteiger partial charge is 0.468 e. The van der Waals surface area contributed by atoms with Crippen LogP contribution in [0.2, 0.25) is 0 Å². The Morgan fingerprint density at radius 2 is 2.05 bits per heavy atom. The summed E-state index contributed by atoms with van der Waals surface area (Å²) >= 11 is 0. The van der Waals surface area contributed by atoms with E-state index < -0.39 is 16.1 Å². The first-order valence-corrected chi connectivity index (χ1v) is 7.30. The Morgan fingerprint density at radius 3 is 2.63 bits per heavy atom. The molecule has 1 unspecified atom stereocenters. The molecule has 5 nitrogen and oxygen atoms in total. The van der Waals surface area contributed by atoms with Crippen LogP contribution in [0.3, 0.4) is 0 Å². The van der Waals surface area contributed by atoms with Gasteiger partial charge in [-0.3, -0.25) is 0 Å². The average molecular weight is 280 g/mol. The minimum absolute atomic E-state index is 0.156. The molecule has 2 aromatic rings. The average Bonchev–Trinajstić information content (AvgIpc) is 2.80. The summed E-state index contributed by atoms with van der Waals surface area (Å²) in [7, 11) is -3.62. The molecule has 1 aromatic heterocycles. The molecule has 6 heteroatoms. The van der Waals surface area contributed by atoms with Crippen molar-refractivity contribution in [3.8, 4) is 0 Å². The highest BCUT2D eigenvalue weighted by molar-refractivity contribution is 7.89. The first kappa shape index (κ1) is 13.6. The summed E-state index contributed by atoms with van der Waals surface area (Å²) in [6.45, 7) is 3.51. The van der Waals surface area contributed by atoms with Crippen molar-refractivity contribution in [2.45, 2.75) is 24.8 Å². The van der Waals surface area contributed by atoms with Crippen LogP contribution < -0.4 is 10.5 Å².